The minimum absolute atomic E-state index is 0.0127. The largest absolute Gasteiger partial charge is 0.487 e. The second-order valence-electron chi connectivity index (χ2n) is 5.20. The number of nitrogens with zero attached hydrogens (tertiary/aromatic N) is 4. The number of nitriles is 3. The Morgan fingerprint density at radius 2 is 2.00 bits per heavy atom. The number of halogens is 1. The third-order valence-corrected chi connectivity index (χ3v) is 3.82. The molecule has 9 nitrogen and oxygen atoms in total. The van der Waals surface area contributed by atoms with Crippen LogP contribution in [0.5, 0.6) is 5.75 Å². The smallest absolute Gasteiger partial charge is 0.360 e. The van der Waals surface area contributed by atoms with Crippen LogP contribution in [0.15, 0.2) is 34.0 Å². The third-order valence-electron chi connectivity index (χ3n) is 3.52. The molecule has 0 saturated heterocycles. The third kappa shape index (κ3) is 4.39. The normalized spacial score (nSPS) is 9.43. The Hall–Kier alpha value is -4.00. The van der Waals surface area contributed by atoms with Crippen molar-refractivity contribution in [2.75, 3.05) is 12.4 Å². The van der Waals surface area contributed by atoms with Gasteiger partial charge in [-0.1, -0.05) is 16.8 Å². The number of allylic oxidation sites excluding steroid dienone is 2. The van der Waals surface area contributed by atoms with Crippen LogP contribution < -0.4 is 10.1 Å². The molecular weight excluding hydrogens is 386 g/mol. The van der Waals surface area contributed by atoms with Crippen molar-refractivity contribution < 1.29 is 18.8 Å². The van der Waals surface area contributed by atoms with E-state index in [0.717, 1.165) is 0 Å². The number of rotatable bonds is 6. The lowest BCUT2D eigenvalue weighted by Crippen LogP contribution is -2.08. The first-order chi connectivity index (χ1) is 13.4. The molecule has 1 heterocycles. The molecule has 140 valence electrons. The Morgan fingerprint density at radius 1 is 1.29 bits per heavy atom. The van der Waals surface area contributed by atoms with Crippen molar-refractivity contribution in [1.82, 2.24) is 5.16 Å². The van der Waals surface area contributed by atoms with Crippen molar-refractivity contribution in [3.63, 3.8) is 0 Å². The summed E-state index contributed by atoms with van der Waals surface area (Å²) >= 11 is 6.19. The van der Waals surface area contributed by atoms with Crippen LogP contribution in [0, 0.1) is 40.9 Å². The number of aromatic nitrogens is 1. The number of aryl methyl sites for hydroxylation is 1. The van der Waals surface area contributed by atoms with Gasteiger partial charge in [-0.05, 0) is 25.1 Å². The molecule has 0 spiro atoms. The van der Waals surface area contributed by atoms with E-state index >= 15 is 0 Å². The van der Waals surface area contributed by atoms with Gasteiger partial charge in [0, 0.05) is 5.69 Å². The zero-order valence-corrected chi connectivity index (χ0v) is 15.5. The summed E-state index contributed by atoms with van der Waals surface area (Å²) in [7, 11) is 1.23. The predicted octanol–water partition coefficient (Wildman–Crippen LogP) is 3.24. The van der Waals surface area contributed by atoms with Crippen molar-refractivity contribution in [1.29, 1.82) is 15.8 Å². The second kappa shape index (κ2) is 9.09. The number of anilines is 1. The first kappa shape index (κ1) is 20.3. The number of carbonyl (C=O) groups excluding carboxylic acids is 1. The lowest BCUT2D eigenvalue weighted by Gasteiger charge is -2.10. The number of hydrogen-bond donors (Lipinski definition) is 1. The molecule has 0 radical (unpaired) electrons. The van der Waals surface area contributed by atoms with Crippen LogP contribution in [0.2, 0.25) is 5.02 Å². The van der Waals surface area contributed by atoms with Gasteiger partial charge in [0.05, 0.1) is 17.7 Å². The fourth-order valence-electron chi connectivity index (χ4n) is 2.09. The molecule has 2 rings (SSSR count). The van der Waals surface area contributed by atoms with E-state index in [1.54, 1.807) is 31.2 Å². The number of benzene rings is 1. The van der Waals surface area contributed by atoms with Crippen molar-refractivity contribution >= 4 is 23.3 Å². The number of ether oxygens (including phenoxy) is 2. The number of hydrogen-bond acceptors (Lipinski definition) is 9. The number of nitrogens with one attached hydrogen (secondary N) is 1. The van der Waals surface area contributed by atoms with Crippen LogP contribution in [0.1, 0.15) is 21.8 Å². The summed E-state index contributed by atoms with van der Waals surface area (Å²) in [5.41, 5.74) is 0.273. The van der Waals surface area contributed by atoms with Gasteiger partial charge in [0.15, 0.2) is 11.3 Å². The van der Waals surface area contributed by atoms with Gasteiger partial charge in [-0.2, -0.15) is 15.8 Å². The van der Waals surface area contributed by atoms with E-state index < -0.39 is 5.97 Å². The van der Waals surface area contributed by atoms with E-state index in [1.807, 2.05) is 0 Å². The summed E-state index contributed by atoms with van der Waals surface area (Å²) in [4.78, 5) is 11.7. The molecule has 0 aliphatic rings. The van der Waals surface area contributed by atoms with Crippen molar-refractivity contribution in [3.8, 4) is 24.0 Å². The number of esters is 1. The second-order valence-corrected chi connectivity index (χ2v) is 5.61. The van der Waals surface area contributed by atoms with Crippen LogP contribution in [0.3, 0.4) is 0 Å². The standard InChI is InChI=1S/C18H12ClN5O4/c1-10-13(17(24-28-10)18(25)26-2)9-27-16-4-3-12(5-14(16)19)23-15(8-22)11(6-20)7-21/h3-5,23H,9H2,1-2H3. The summed E-state index contributed by atoms with van der Waals surface area (Å²) in [6.45, 7) is 1.59. The van der Waals surface area contributed by atoms with Gasteiger partial charge in [0.1, 0.15) is 42.0 Å². The van der Waals surface area contributed by atoms with Crippen LogP contribution in [0.25, 0.3) is 0 Å². The molecule has 2 aromatic rings. The lowest BCUT2D eigenvalue weighted by molar-refractivity contribution is 0.0586. The monoisotopic (exact) mass is 397 g/mol. The first-order valence-electron chi connectivity index (χ1n) is 7.62. The van der Waals surface area contributed by atoms with Crippen LogP contribution in [-0.2, 0) is 11.3 Å². The molecular formula is C18H12ClN5O4. The van der Waals surface area contributed by atoms with Gasteiger partial charge in [0.25, 0.3) is 0 Å². The minimum atomic E-state index is -0.650. The fraction of sp³-hybridized carbons (Fsp3) is 0.167. The highest BCUT2D eigenvalue weighted by Crippen LogP contribution is 2.30. The van der Waals surface area contributed by atoms with E-state index in [-0.39, 0.29) is 28.6 Å². The average Bonchev–Trinajstić information content (AvgIpc) is 3.07. The van der Waals surface area contributed by atoms with Crippen molar-refractivity contribution in [3.05, 3.63) is 51.5 Å². The summed E-state index contributed by atoms with van der Waals surface area (Å²) in [5, 5.41) is 33.3. The van der Waals surface area contributed by atoms with Crippen molar-refractivity contribution in [2.24, 2.45) is 0 Å². The summed E-state index contributed by atoms with van der Waals surface area (Å²) < 4.78 is 15.3. The molecule has 0 aliphatic carbocycles. The molecule has 1 aromatic carbocycles. The molecule has 0 bridgehead atoms. The van der Waals surface area contributed by atoms with E-state index in [2.05, 4.69) is 15.2 Å². The van der Waals surface area contributed by atoms with Crippen LogP contribution in [0.4, 0.5) is 5.69 Å². The maximum atomic E-state index is 11.7. The number of carbonyl (C=O) groups is 1. The van der Waals surface area contributed by atoms with E-state index in [9.17, 15) is 4.79 Å². The van der Waals surface area contributed by atoms with Gasteiger partial charge in [0.2, 0.25) is 0 Å². The highest BCUT2D eigenvalue weighted by atomic mass is 35.5. The average molecular weight is 398 g/mol. The highest BCUT2D eigenvalue weighted by molar-refractivity contribution is 6.32. The Morgan fingerprint density at radius 3 is 2.57 bits per heavy atom. The van der Waals surface area contributed by atoms with Crippen molar-refractivity contribution in [2.45, 2.75) is 13.5 Å². The Bertz CT molecular complexity index is 1050. The number of methoxy groups -OCH3 is 1. The zero-order valence-electron chi connectivity index (χ0n) is 14.7. The highest BCUT2D eigenvalue weighted by Gasteiger charge is 2.21. The molecule has 1 aromatic heterocycles. The molecule has 10 heteroatoms. The maximum Gasteiger partial charge on any atom is 0.360 e. The maximum absolute atomic E-state index is 11.7. The van der Waals surface area contributed by atoms with Crippen LogP contribution in [-0.4, -0.2) is 18.2 Å². The summed E-state index contributed by atoms with van der Waals surface area (Å²) in [6, 6.07) is 9.55. The fourth-order valence-corrected chi connectivity index (χ4v) is 2.33. The van der Waals surface area contributed by atoms with Gasteiger partial charge >= 0.3 is 5.97 Å². The summed E-state index contributed by atoms with van der Waals surface area (Å²) in [6.07, 6.45) is 0. The predicted molar refractivity (Wildman–Crippen MR) is 95.9 cm³/mol. The molecule has 0 saturated carbocycles. The summed E-state index contributed by atoms with van der Waals surface area (Å²) in [5.74, 6) is 0.0498. The van der Waals surface area contributed by atoms with E-state index in [0.29, 0.717) is 22.8 Å². The van der Waals surface area contributed by atoms with Gasteiger partial charge in [-0.25, -0.2) is 4.79 Å². The molecule has 28 heavy (non-hydrogen) atoms. The topological polar surface area (TPSA) is 145 Å². The van der Waals surface area contributed by atoms with E-state index in [1.165, 1.54) is 19.2 Å². The van der Waals surface area contributed by atoms with Gasteiger partial charge < -0.3 is 19.3 Å². The molecule has 1 N–H and O–H groups in total. The van der Waals surface area contributed by atoms with Gasteiger partial charge in [-0.15, -0.1) is 0 Å². The molecule has 0 unspecified atom stereocenters. The lowest BCUT2D eigenvalue weighted by atomic mass is 10.2. The van der Waals surface area contributed by atoms with Gasteiger partial charge in [-0.3, -0.25) is 0 Å². The Labute approximate surface area is 164 Å². The Kier molecular flexibility index (Phi) is 6.59. The molecule has 0 atom stereocenters. The quantitative estimate of drug-likeness (QED) is 0.573. The Balaban J connectivity index is 2.19. The van der Waals surface area contributed by atoms with E-state index in [4.69, 9.17) is 36.6 Å². The molecule has 0 aliphatic heterocycles. The minimum Gasteiger partial charge on any atom is -0.487 e. The first-order valence-corrected chi connectivity index (χ1v) is 8.00. The zero-order chi connectivity index (χ0) is 20.7. The van der Waals surface area contributed by atoms with Crippen LogP contribution >= 0.6 is 11.6 Å². The SMILES string of the molecule is COC(=O)c1noc(C)c1COc1ccc(NC(C#N)=C(C#N)C#N)cc1Cl. The molecule has 0 fully saturated rings. The molecule has 0 amide bonds.